The Labute approximate surface area is 96.0 Å². The highest BCUT2D eigenvalue weighted by Crippen LogP contribution is 2.28. The molecule has 90 valence electrons. The second kappa shape index (κ2) is 7.27. The van der Waals surface area contributed by atoms with E-state index in [-0.39, 0.29) is 0 Å². The summed E-state index contributed by atoms with van der Waals surface area (Å²) >= 11 is 0. The van der Waals surface area contributed by atoms with Crippen LogP contribution < -0.4 is 5.32 Å². The summed E-state index contributed by atoms with van der Waals surface area (Å²) in [6.45, 7) is 8.06. The summed E-state index contributed by atoms with van der Waals surface area (Å²) in [7, 11) is 0. The molecule has 1 rings (SSSR count). The molecule has 0 spiro atoms. The second-order valence-electron chi connectivity index (χ2n) is 5.61. The molecule has 2 atom stereocenters. The van der Waals surface area contributed by atoms with Gasteiger partial charge >= 0.3 is 0 Å². The zero-order chi connectivity index (χ0) is 11.1. The standard InChI is InChI=1S/C14H29N/c1-4-15-14-8-6-5-7-13(11-14)10-9-12(2)3/h12-15H,4-11H2,1-3H3. The maximum Gasteiger partial charge on any atom is 0.00695 e. The normalized spacial score (nSPS) is 28.0. The molecule has 0 aromatic rings. The van der Waals surface area contributed by atoms with E-state index >= 15 is 0 Å². The molecule has 0 amide bonds. The molecule has 1 aliphatic rings. The van der Waals surface area contributed by atoms with Gasteiger partial charge in [-0.1, -0.05) is 52.9 Å². The molecule has 1 fully saturated rings. The van der Waals surface area contributed by atoms with Crippen LogP contribution in [0, 0.1) is 11.8 Å². The maximum atomic E-state index is 3.64. The number of hydrogen-bond donors (Lipinski definition) is 1. The quantitative estimate of drug-likeness (QED) is 0.678. The zero-order valence-electron chi connectivity index (χ0n) is 10.9. The minimum Gasteiger partial charge on any atom is -0.314 e. The third-order valence-corrected chi connectivity index (χ3v) is 3.68. The summed E-state index contributed by atoms with van der Waals surface area (Å²) in [4.78, 5) is 0. The SMILES string of the molecule is CCNC1CCCCC(CCC(C)C)C1. The molecule has 0 bridgehead atoms. The molecule has 1 N–H and O–H groups in total. The van der Waals surface area contributed by atoms with Gasteiger partial charge < -0.3 is 5.32 Å². The first kappa shape index (κ1) is 13.0. The largest absolute Gasteiger partial charge is 0.314 e. The Bertz CT molecular complexity index is 153. The Morgan fingerprint density at radius 3 is 2.60 bits per heavy atom. The van der Waals surface area contributed by atoms with Crippen LogP contribution in [0.1, 0.15) is 65.7 Å². The molecule has 0 aromatic heterocycles. The lowest BCUT2D eigenvalue weighted by Gasteiger charge is -2.21. The fraction of sp³-hybridized carbons (Fsp3) is 1.00. The van der Waals surface area contributed by atoms with Gasteiger partial charge in [0.15, 0.2) is 0 Å². The monoisotopic (exact) mass is 211 g/mol. The van der Waals surface area contributed by atoms with Crippen molar-refractivity contribution < 1.29 is 0 Å². The average molecular weight is 211 g/mol. The highest BCUT2D eigenvalue weighted by molar-refractivity contribution is 4.76. The third-order valence-electron chi connectivity index (χ3n) is 3.68. The molecular formula is C14H29N. The minimum absolute atomic E-state index is 0.815. The van der Waals surface area contributed by atoms with Crippen molar-refractivity contribution >= 4 is 0 Å². The van der Waals surface area contributed by atoms with Gasteiger partial charge in [-0.2, -0.15) is 0 Å². The molecule has 0 heterocycles. The van der Waals surface area contributed by atoms with Crippen LogP contribution in [0.25, 0.3) is 0 Å². The van der Waals surface area contributed by atoms with E-state index in [1.807, 2.05) is 0 Å². The van der Waals surface area contributed by atoms with Crippen molar-refractivity contribution in [3.63, 3.8) is 0 Å². The first-order chi connectivity index (χ1) is 7.22. The number of hydrogen-bond acceptors (Lipinski definition) is 1. The van der Waals surface area contributed by atoms with Gasteiger partial charge in [-0.15, -0.1) is 0 Å². The molecule has 15 heavy (non-hydrogen) atoms. The molecule has 1 nitrogen and oxygen atoms in total. The van der Waals surface area contributed by atoms with Gasteiger partial charge in [-0.3, -0.25) is 0 Å². The van der Waals surface area contributed by atoms with Gasteiger partial charge in [-0.25, -0.2) is 0 Å². The van der Waals surface area contributed by atoms with Crippen molar-refractivity contribution in [2.75, 3.05) is 6.54 Å². The highest BCUT2D eigenvalue weighted by Gasteiger charge is 2.19. The lowest BCUT2D eigenvalue weighted by atomic mass is 9.90. The summed E-state index contributed by atoms with van der Waals surface area (Å²) in [5.41, 5.74) is 0. The van der Waals surface area contributed by atoms with E-state index in [4.69, 9.17) is 0 Å². The summed E-state index contributed by atoms with van der Waals surface area (Å²) in [5, 5.41) is 3.64. The Balaban J connectivity index is 2.28. The first-order valence-electron chi connectivity index (χ1n) is 6.95. The van der Waals surface area contributed by atoms with E-state index in [1.165, 1.54) is 44.9 Å². The van der Waals surface area contributed by atoms with E-state index in [9.17, 15) is 0 Å². The average Bonchev–Trinajstić information content (AvgIpc) is 2.41. The molecule has 0 aliphatic heterocycles. The van der Waals surface area contributed by atoms with E-state index in [2.05, 4.69) is 26.1 Å². The lowest BCUT2D eigenvalue weighted by molar-refractivity contribution is 0.347. The molecule has 2 unspecified atom stereocenters. The van der Waals surface area contributed by atoms with Crippen LogP contribution in [0.15, 0.2) is 0 Å². The van der Waals surface area contributed by atoms with Crippen molar-refractivity contribution in [1.29, 1.82) is 0 Å². The molecule has 0 saturated heterocycles. The van der Waals surface area contributed by atoms with Crippen LogP contribution in [-0.2, 0) is 0 Å². The smallest absolute Gasteiger partial charge is 0.00695 e. The van der Waals surface area contributed by atoms with Crippen molar-refractivity contribution in [3.8, 4) is 0 Å². The van der Waals surface area contributed by atoms with Crippen molar-refractivity contribution in [3.05, 3.63) is 0 Å². The van der Waals surface area contributed by atoms with Gasteiger partial charge in [0, 0.05) is 6.04 Å². The summed E-state index contributed by atoms with van der Waals surface area (Å²) < 4.78 is 0. The highest BCUT2D eigenvalue weighted by atomic mass is 14.9. The Hall–Kier alpha value is -0.0400. The van der Waals surface area contributed by atoms with Crippen LogP contribution in [0.4, 0.5) is 0 Å². The van der Waals surface area contributed by atoms with E-state index in [1.54, 1.807) is 0 Å². The predicted molar refractivity (Wildman–Crippen MR) is 68.1 cm³/mol. The molecule has 0 aromatic carbocycles. The van der Waals surface area contributed by atoms with Crippen LogP contribution in [0.2, 0.25) is 0 Å². The van der Waals surface area contributed by atoms with Crippen molar-refractivity contribution in [2.45, 2.75) is 71.8 Å². The van der Waals surface area contributed by atoms with E-state index in [0.717, 1.165) is 24.4 Å². The summed E-state index contributed by atoms with van der Waals surface area (Å²) in [6, 6.07) is 0.815. The molecule has 1 aliphatic carbocycles. The number of nitrogens with one attached hydrogen (secondary N) is 1. The van der Waals surface area contributed by atoms with Gasteiger partial charge in [0.05, 0.1) is 0 Å². The van der Waals surface area contributed by atoms with Crippen molar-refractivity contribution in [1.82, 2.24) is 5.32 Å². The first-order valence-corrected chi connectivity index (χ1v) is 6.95. The predicted octanol–water partition coefficient (Wildman–Crippen LogP) is 3.98. The van der Waals surface area contributed by atoms with Gasteiger partial charge in [0.2, 0.25) is 0 Å². The fourth-order valence-corrected chi connectivity index (χ4v) is 2.77. The molecule has 0 radical (unpaired) electrons. The topological polar surface area (TPSA) is 12.0 Å². The van der Waals surface area contributed by atoms with Crippen LogP contribution >= 0.6 is 0 Å². The second-order valence-corrected chi connectivity index (χ2v) is 5.61. The third kappa shape index (κ3) is 5.55. The van der Waals surface area contributed by atoms with Crippen LogP contribution in [0.3, 0.4) is 0 Å². The Kier molecular flexibility index (Phi) is 6.31. The summed E-state index contributed by atoms with van der Waals surface area (Å²) in [5.74, 6) is 1.88. The van der Waals surface area contributed by atoms with Crippen molar-refractivity contribution in [2.24, 2.45) is 11.8 Å². The van der Waals surface area contributed by atoms with E-state index < -0.39 is 0 Å². The van der Waals surface area contributed by atoms with E-state index in [0.29, 0.717) is 0 Å². The van der Waals surface area contributed by atoms with Crippen LogP contribution in [-0.4, -0.2) is 12.6 Å². The molecule has 1 heteroatoms. The lowest BCUT2D eigenvalue weighted by Crippen LogP contribution is -2.29. The minimum atomic E-state index is 0.815. The number of rotatable bonds is 5. The molecular weight excluding hydrogens is 182 g/mol. The van der Waals surface area contributed by atoms with Gasteiger partial charge in [0.25, 0.3) is 0 Å². The Morgan fingerprint density at radius 2 is 1.93 bits per heavy atom. The van der Waals surface area contributed by atoms with Gasteiger partial charge in [0.1, 0.15) is 0 Å². The fourth-order valence-electron chi connectivity index (χ4n) is 2.77. The maximum absolute atomic E-state index is 3.64. The Morgan fingerprint density at radius 1 is 1.20 bits per heavy atom. The van der Waals surface area contributed by atoms with Crippen LogP contribution in [0.5, 0.6) is 0 Å². The summed E-state index contributed by atoms with van der Waals surface area (Å²) in [6.07, 6.45) is 10.1. The zero-order valence-corrected chi connectivity index (χ0v) is 10.9. The van der Waals surface area contributed by atoms with Gasteiger partial charge in [-0.05, 0) is 31.2 Å². The molecule has 1 saturated carbocycles.